The molecule has 4 nitrogen and oxygen atoms in total. The second-order valence-corrected chi connectivity index (χ2v) is 8.41. The Morgan fingerprint density at radius 2 is 1.66 bits per heavy atom. The maximum atomic E-state index is 12.7. The van der Waals surface area contributed by atoms with E-state index in [4.69, 9.17) is 0 Å². The van der Waals surface area contributed by atoms with E-state index in [1.165, 1.54) is 11.1 Å². The molecule has 1 saturated heterocycles. The van der Waals surface area contributed by atoms with E-state index in [9.17, 15) is 9.59 Å². The Kier molecular flexibility index (Phi) is 7.08. The van der Waals surface area contributed by atoms with E-state index in [1.54, 1.807) is 19.0 Å². The van der Waals surface area contributed by atoms with Crippen LogP contribution in [0.25, 0.3) is 0 Å². The van der Waals surface area contributed by atoms with E-state index in [-0.39, 0.29) is 11.8 Å². The molecule has 2 amide bonds. The number of benzene rings is 2. The first-order valence-corrected chi connectivity index (χ1v) is 10.6. The standard InChI is InChI=1S/C25H32N2O2/c1-19-5-4-6-23(17-19)25(29)27-15-13-22(14-16-27)18-21-9-7-20(8-10-21)11-12-24(28)26(2)3/h4-10,17,22H,11-16,18H2,1-3H3. The van der Waals surface area contributed by atoms with Crippen LogP contribution >= 0.6 is 0 Å². The largest absolute Gasteiger partial charge is 0.349 e. The van der Waals surface area contributed by atoms with Crippen molar-refractivity contribution >= 4 is 11.8 Å². The van der Waals surface area contributed by atoms with Crippen LogP contribution in [0.15, 0.2) is 48.5 Å². The highest BCUT2D eigenvalue weighted by Crippen LogP contribution is 2.23. The molecule has 0 atom stereocenters. The average molecular weight is 393 g/mol. The van der Waals surface area contributed by atoms with E-state index < -0.39 is 0 Å². The van der Waals surface area contributed by atoms with Gasteiger partial charge >= 0.3 is 0 Å². The number of hydrogen-bond acceptors (Lipinski definition) is 2. The molecule has 154 valence electrons. The summed E-state index contributed by atoms with van der Waals surface area (Å²) >= 11 is 0. The van der Waals surface area contributed by atoms with Crippen molar-refractivity contribution in [1.29, 1.82) is 0 Å². The molecule has 0 aliphatic carbocycles. The van der Waals surface area contributed by atoms with Gasteiger partial charge in [0.05, 0.1) is 0 Å². The minimum absolute atomic E-state index is 0.156. The highest BCUT2D eigenvalue weighted by Gasteiger charge is 2.23. The van der Waals surface area contributed by atoms with Crippen molar-refractivity contribution in [1.82, 2.24) is 9.80 Å². The fraction of sp³-hybridized carbons (Fsp3) is 0.440. The third-order valence-corrected chi connectivity index (χ3v) is 5.84. The summed E-state index contributed by atoms with van der Waals surface area (Å²) < 4.78 is 0. The Morgan fingerprint density at radius 1 is 1.00 bits per heavy atom. The van der Waals surface area contributed by atoms with Crippen LogP contribution in [-0.4, -0.2) is 48.8 Å². The van der Waals surface area contributed by atoms with Crippen LogP contribution in [0.5, 0.6) is 0 Å². The normalized spacial score (nSPS) is 14.7. The molecule has 2 aromatic carbocycles. The molecule has 0 spiro atoms. The molecule has 0 unspecified atom stereocenters. The monoisotopic (exact) mass is 392 g/mol. The van der Waals surface area contributed by atoms with Gasteiger partial charge in [0.1, 0.15) is 0 Å². The lowest BCUT2D eigenvalue weighted by Gasteiger charge is -2.32. The molecular weight excluding hydrogens is 360 g/mol. The van der Waals surface area contributed by atoms with Crippen molar-refractivity contribution in [3.8, 4) is 0 Å². The number of carbonyl (C=O) groups excluding carboxylic acids is 2. The molecule has 0 radical (unpaired) electrons. The summed E-state index contributed by atoms with van der Waals surface area (Å²) in [4.78, 5) is 28.1. The summed E-state index contributed by atoms with van der Waals surface area (Å²) in [5, 5.41) is 0. The predicted molar refractivity (Wildman–Crippen MR) is 117 cm³/mol. The summed E-state index contributed by atoms with van der Waals surface area (Å²) in [6.45, 7) is 3.69. The first-order chi connectivity index (χ1) is 13.9. The van der Waals surface area contributed by atoms with Gasteiger partial charge in [-0.15, -0.1) is 0 Å². The van der Waals surface area contributed by atoms with Gasteiger partial charge in [0.25, 0.3) is 5.91 Å². The van der Waals surface area contributed by atoms with Crippen LogP contribution in [0.1, 0.15) is 46.3 Å². The number of likely N-dealkylation sites (tertiary alicyclic amines) is 1. The Morgan fingerprint density at radius 3 is 2.28 bits per heavy atom. The number of piperidine rings is 1. The summed E-state index contributed by atoms with van der Waals surface area (Å²) in [6.07, 6.45) is 4.51. The quantitative estimate of drug-likeness (QED) is 0.742. The van der Waals surface area contributed by atoms with Gasteiger partial charge in [0, 0.05) is 39.2 Å². The van der Waals surface area contributed by atoms with E-state index in [0.29, 0.717) is 12.3 Å². The number of aryl methyl sites for hydroxylation is 2. The van der Waals surface area contributed by atoms with Crippen LogP contribution in [0.3, 0.4) is 0 Å². The van der Waals surface area contributed by atoms with Gasteiger partial charge in [0.2, 0.25) is 5.91 Å². The Balaban J connectivity index is 1.47. The Labute approximate surface area is 174 Å². The second kappa shape index (κ2) is 9.73. The number of hydrogen-bond donors (Lipinski definition) is 0. The van der Waals surface area contributed by atoms with Crippen molar-refractivity contribution in [3.05, 3.63) is 70.8 Å². The van der Waals surface area contributed by atoms with Gasteiger partial charge in [0.15, 0.2) is 0 Å². The molecule has 4 heteroatoms. The molecule has 1 aliphatic heterocycles. The van der Waals surface area contributed by atoms with Gasteiger partial charge < -0.3 is 9.80 Å². The van der Waals surface area contributed by atoms with Crippen molar-refractivity contribution in [2.24, 2.45) is 5.92 Å². The number of carbonyl (C=O) groups is 2. The number of nitrogens with zero attached hydrogens (tertiary/aromatic N) is 2. The molecule has 1 aliphatic rings. The molecule has 3 rings (SSSR count). The van der Waals surface area contributed by atoms with Crippen LogP contribution in [-0.2, 0) is 17.6 Å². The summed E-state index contributed by atoms with van der Waals surface area (Å²) in [7, 11) is 3.59. The van der Waals surface area contributed by atoms with Crippen LogP contribution < -0.4 is 0 Å². The van der Waals surface area contributed by atoms with Gasteiger partial charge in [-0.25, -0.2) is 0 Å². The highest BCUT2D eigenvalue weighted by atomic mass is 16.2. The maximum absolute atomic E-state index is 12.7. The minimum atomic E-state index is 0.156. The second-order valence-electron chi connectivity index (χ2n) is 8.41. The number of rotatable bonds is 6. The smallest absolute Gasteiger partial charge is 0.253 e. The van der Waals surface area contributed by atoms with Gasteiger partial charge in [-0.2, -0.15) is 0 Å². The zero-order valence-corrected chi connectivity index (χ0v) is 17.9. The average Bonchev–Trinajstić information content (AvgIpc) is 2.73. The zero-order valence-electron chi connectivity index (χ0n) is 17.9. The first kappa shape index (κ1) is 21.1. The summed E-state index contributed by atoms with van der Waals surface area (Å²) in [5.41, 5.74) is 4.48. The first-order valence-electron chi connectivity index (χ1n) is 10.6. The molecule has 0 N–H and O–H groups in total. The molecule has 1 heterocycles. The molecule has 0 saturated carbocycles. The SMILES string of the molecule is Cc1cccc(C(=O)N2CCC(Cc3ccc(CCC(=O)N(C)C)cc3)CC2)c1. The van der Waals surface area contributed by atoms with Crippen molar-refractivity contribution < 1.29 is 9.59 Å². The van der Waals surface area contributed by atoms with E-state index >= 15 is 0 Å². The fourth-order valence-electron chi connectivity index (χ4n) is 3.95. The third-order valence-electron chi connectivity index (χ3n) is 5.84. The van der Waals surface area contributed by atoms with E-state index in [1.807, 2.05) is 36.1 Å². The fourth-order valence-corrected chi connectivity index (χ4v) is 3.95. The van der Waals surface area contributed by atoms with Gasteiger partial charge in [-0.1, -0.05) is 42.0 Å². The lowest BCUT2D eigenvalue weighted by Crippen LogP contribution is -2.38. The topological polar surface area (TPSA) is 40.6 Å². The Hall–Kier alpha value is -2.62. The summed E-state index contributed by atoms with van der Waals surface area (Å²) in [5.74, 6) is 0.947. The molecule has 0 bridgehead atoms. The highest BCUT2D eigenvalue weighted by molar-refractivity contribution is 5.94. The summed E-state index contributed by atoms with van der Waals surface area (Å²) in [6, 6.07) is 16.5. The van der Waals surface area contributed by atoms with Crippen molar-refractivity contribution in [2.75, 3.05) is 27.2 Å². The molecule has 2 aromatic rings. The van der Waals surface area contributed by atoms with Crippen molar-refractivity contribution in [3.63, 3.8) is 0 Å². The molecule has 1 fully saturated rings. The molecule has 0 aromatic heterocycles. The molecule has 29 heavy (non-hydrogen) atoms. The third kappa shape index (κ3) is 5.93. The lowest BCUT2D eigenvalue weighted by molar-refractivity contribution is -0.128. The lowest BCUT2D eigenvalue weighted by atomic mass is 9.89. The zero-order chi connectivity index (χ0) is 20.8. The molecular formula is C25H32N2O2. The van der Waals surface area contributed by atoms with Gasteiger partial charge in [-0.3, -0.25) is 9.59 Å². The van der Waals surface area contributed by atoms with Gasteiger partial charge in [-0.05, 0) is 61.8 Å². The van der Waals surface area contributed by atoms with Crippen molar-refractivity contribution in [2.45, 2.75) is 39.0 Å². The maximum Gasteiger partial charge on any atom is 0.253 e. The minimum Gasteiger partial charge on any atom is -0.349 e. The van der Waals surface area contributed by atoms with Crippen LogP contribution in [0, 0.1) is 12.8 Å². The Bertz CT molecular complexity index is 834. The predicted octanol–water partition coefficient (Wildman–Crippen LogP) is 4.11. The van der Waals surface area contributed by atoms with E-state index in [0.717, 1.165) is 49.9 Å². The van der Waals surface area contributed by atoms with Crippen LogP contribution in [0.2, 0.25) is 0 Å². The number of amides is 2. The van der Waals surface area contributed by atoms with E-state index in [2.05, 4.69) is 24.3 Å². The van der Waals surface area contributed by atoms with Crippen LogP contribution in [0.4, 0.5) is 0 Å².